The normalized spacial score (nSPS) is 31.8. The van der Waals surface area contributed by atoms with Gasteiger partial charge in [-0.3, -0.25) is 4.79 Å². The first-order valence-electron chi connectivity index (χ1n) is 5.18. The maximum absolute atomic E-state index is 11.5. The van der Waals surface area contributed by atoms with Gasteiger partial charge in [-0.2, -0.15) is 0 Å². The Morgan fingerprint density at radius 3 is 2.79 bits per heavy atom. The zero-order valence-corrected chi connectivity index (χ0v) is 9.51. The molecule has 1 rings (SSSR count). The van der Waals surface area contributed by atoms with Gasteiger partial charge in [0.05, 0.1) is 13.0 Å². The number of rotatable bonds is 4. The van der Waals surface area contributed by atoms with E-state index in [9.17, 15) is 4.79 Å². The maximum atomic E-state index is 11.5. The van der Waals surface area contributed by atoms with Gasteiger partial charge in [0.15, 0.2) is 0 Å². The number of carbonyl (C=O) groups is 1. The summed E-state index contributed by atoms with van der Waals surface area (Å²) in [5, 5.41) is 0. The van der Waals surface area contributed by atoms with Crippen molar-refractivity contribution < 1.29 is 9.53 Å². The van der Waals surface area contributed by atoms with Gasteiger partial charge >= 0.3 is 5.97 Å². The number of hydrogen-bond donors (Lipinski definition) is 1. The third-order valence-electron chi connectivity index (χ3n) is 3.06. The van der Waals surface area contributed by atoms with Gasteiger partial charge < -0.3 is 4.74 Å². The molecule has 3 unspecified atom stereocenters. The summed E-state index contributed by atoms with van der Waals surface area (Å²) in [6.45, 7) is 2.13. The van der Waals surface area contributed by atoms with Crippen LogP contribution in [0.25, 0.3) is 0 Å². The van der Waals surface area contributed by atoms with Crippen LogP contribution in [0.4, 0.5) is 0 Å². The summed E-state index contributed by atoms with van der Waals surface area (Å²) >= 11 is 5.61. The maximum Gasteiger partial charge on any atom is 0.310 e. The van der Waals surface area contributed by atoms with Gasteiger partial charge in [-0.25, -0.2) is 4.84 Å². The fourth-order valence-corrected chi connectivity index (χ4v) is 2.64. The van der Waals surface area contributed by atoms with Crippen LogP contribution in [-0.4, -0.2) is 19.1 Å². The van der Waals surface area contributed by atoms with Gasteiger partial charge in [-0.05, 0) is 37.0 Å². The predicted molar refractivity (Wildman–Crippen MR) is 55.9 cm³/mol. The molecule has 1 fully saturated rings. The van der Waals surface area contributed by atoms with E-state index in [4.69, 9.17) is 16.5 Å². The molecular formula is C10H18ClNO2. The number of halogens is 1. The van der Waals surface area contributed by atoms with Gasteiger partial charge in [0.1, 0.15) is 0 Å². The number of methoxy groups -OCH3 is 1. The van der Waals surface area contributed by atoms with Gasteiger partial charge in [0, 0.05) is 6.04 Å². The van der Waals surface area contributed by atoms with Crippen molar-refractivity contribution in [2.45, 2.75) is 38.6 Å². The summed E-state index contributed by atoms with van der Waals surface area (Å²) < 4.78 is 4.81. The summed E-state index contributed by atoms with van der Waals surface area (Å²) in [6, 6.07) is 0.0840. The molecule has 1 aliphatic rings. The summed E-state index contributed by atoms with van der Waals surface area (Å²) in [5.74, 6) is 0.250. The molecule has 0 heterocycles. The third-order valence-corrected chi connectivity index (χ3v) is 3.34. The molecule has 1 N–H and O–H groups in total. The van der Waals surface area contributed by atoms with E-state index in [-0.39, 0.29) is 17.9 Å². The molecule has 0 radical (unpaired) electrons. The second kappa shape index (κ2) is 5.56. The Balaban J connectivity index is 2.64. The smallest absolute Gasteiger partial charge is 0.310 e. The van der Waals surface area contributed by atoms with Crippen molar-refractivity contribution in [1.29, 1.82) is 0 Å². The van der Waals surface area contributed by atoms with Gasteiger partial charge in [-0.1, -0.05) is 13.3 Å². The summed E-state index contributed by atoms with van der Waals surface area (Å²) in [4.78, 5) is 14.2. The molecule has 14 heavy (non-hydrogen) atoms. The van der Waals surface area contributed by atoms with Gasteiger partial charge in [0.2, 0.25) is 0 Å². The molecule has 4 heteroatoms. The van der Waals surface area contributed by atoms with E-state index in [1.54, 1.807) is 0 Å². The van der Waals surface area contributed by atoms with E-state index in [1.165, 1.54) is 7.11 Å². The van der Waals surface area contributed by atoms with Crippen LogP contribution in [0.15, 0.2) is 0 Å². The fraction of sp³-hybridized carbons (Fsp3) is 0.900. The van der Waals surface area contributed by atoms with Crippen LogP contribution >= 0.6 is 11.8 Å². The van der Waals surface area contributed by atoms with E-state index < -0.39 is 0 Å². The second-order valence-electron chi connectivity index (χ2n) is 3.89. The molecule has 1 aliphatic carbocycles. The summed E-state index contributed by atoms with van der Waals surface area (Å²) in [7, 11) is 1.44. The predicted octanol–water partition coefficient (Wildman–Crippen LogP) is 2.10. The van der Waals surface area contributed by atoms with Crippen LogP contribution in [-0.2, 0) is 9.53 Å². The van der Waals surface area contributed by atoms with E-state index in [0.717, 1.165) is 25.7 Å². The van der Waals surface area contributed by atoms with Crippen LogP contribution in [0.3, 0.4) is 0 Å². The number of esters is 1. The van der Waals surface area contributed by atoms with Crippen LogP contribution in [0.5, 0.6) is 0 Å². The molecule has 0 spiro atoms. The minimum atomic E-state index is -0.126. The standard InChI is InChI=1S/C10H18ClNO2/c1-3-4-7-5-6-8(12-11)9(7)10(13)14-2/h7-9,12H,3-6H2,1-2H3. The zero-order valence-electron chi connectivity index (χ0n) is 8.75. The first-order valence-corrected chi connectivity index (χ1v) is 5.56. The fourth-order valence-electron chi connectivity index (χ4n) is 2.39. The number of ether oxygens (including phenoxy) is 1. The highest BCUT2D eigenvalue weighted by Crippen LogP contribution is 2.36. The Labute approximate surface area is 90.3 Å². The van der Waals surface area contributed by atoms with E-state index in [1.807, 2.05) is 0 Å². The van der Waals surface area contributed by atoms with Crippen molar-refractivity contribution in [2.24, 2.45) is 11.8 Å². The molecule has 0 bridgehead atoms. The average molecular weight is 220 g/mol. The number of nitrogens with one attached hydrogen (secondary N) is 1. The Bertz CT molecular complexity index is 199. The van der Waals surface area contributed by atoms with E-state index >= 15 is 0 Å². The van der Waals surface area contributed by atoms with Crippen LogP contribution in [0.2, 0.25) is 0 Å². The highest BCUT2D eigenvalue weighted by molar-refractivity contribution is 6.13. The van der Waals surface area contributed by atoms with Crippen molar-refractivity contribution in [3.63, 3.8) is 0 Å². The minimum absolute atomic E-state index is 0.0579. The van der Waals surface area contributed by atoms with Crippen LogP contribution in [0.1, 0.15) is 32.6 Å². The average Bonchev–Trinajstić information content (AvgIpc) is 2.60. The summed E-state index contributed by atoms with van der Waals surface area (Å²) in [6.07, 6.45) is 4.22. The number of carbonyl (C=O) groups excluding carboxylic acids is 1. The largest absolute Gasteiger partial charge is 0.469 e. The molecule has 0 saturated heterocycles. The molecule has 3 atom stereocenters. The van der Waals surface area contributed by atoms with Crippen molar-refractivity contribution >= 4 is 17.7 Å². The second-order valence-corrected chi connectivity index (χ2v) is 4.11. The topological polar surface area (TPSA) is 38.3 Å². The Morgan fingerprint density at radius 2 is 2.29 bits per heavy atom. The molecular weight excluding hydrogens is 202 g/mol. The van der Waals surface area contributed by atoms with Crippen molar-refractivity contribution in [1.82, 2.24) is 4.84 Å². The summed E-state index contributed by atoms with van der Waals surface area (Å²) in [5.41, 5.74) is 0. The molecule has 3 nitrogen and oxygen atoms in total. The van der Waals surface area contributed by atoms with Crippen molar-refractivity contribution in [2.75, 3.05) is 7.11 Å². The molecule has 82 valence electrons. The van der Waals surface area contributed by atoms with E-state index in [0.29, 0.717) is 5.92 Å². The number of hydrogen-bond acceptors (Lipinski definition) is 3. The minimum Gasteiger partial charge on any atom is -0.469 e. The van der Waals surface area contributed by atoms with Crippen LogP contribution < -0.4 is 4.84 Å². The van der Waals surface area contributed by atoms with Gasteiger partial charge in [0.25, 0.3) is 0 Å². The first-order chi connectivity index (χ1) is 6.74. The quantitative estimate of drug-likeness (QED) is 0.581. The molecule has 1 saturated carbocycles. The lowest BCUT2D eigenvalue weighted by molar-refractivity contribution is -0.147. The molecule has 0 aromatic carbocycles. The van der Waals surface area contributed by atoms with E-state index in [2.05, 4.69) is 11.8 Å². The van der Waals surface area contributed by atoms with Crippen LogP contribution in [0, 0.1) is 11.8 Å². The third kappa shape index (κ3) is 2.39. The highest BCUT2D eigenvalue weighted by Gasteiger charge is 2.40. The highest BCUT2D eigenvalue weighted by atomic mass is 35.5. The monoisotopic (exact) mass is 219 g/mol. The first kappa shape index (κ1) is 11.8. The van der Waals surface area contributed by atoms with Crippen molar-refractivity contribution in [3.05, 3.63) is 0 Å². The SMILES string of the molecule is CCCC1CCC(NCl)C1C(=O)OC. The Kier molecular flexibility index (Phi) is 4.69. The Morgan fingerprint density at radius 1 is 1.57 bits per heavy atom. The molecule has 0 aromatic rings. The lowest BCUT2D eigenvalue weighted by atomic mass is 9.90. The Hall–Kier alpha value is -0.280. The molecule has 0 aromatic heterocycles. The zero-order chi connectivity index (χ0) is 10.6. The lowest BCUT2D eigenvalue weighted by Crippen LogP contribution is -2.35. The molecule has 0 aliphatic heterocycles. The van der Waals surface area contributed by atoms with Gasteiger partial charge in [-0.15, -0.1) is 0 Å². The lowest BCUT2D eigenvalue weighted by Gasteiger charge is -2.20. The molecule has 0 amide bonds. The van der Waals surface area contributed by atoms with Crippen molar-refractivity contribution in [3.8, 4) is 0 Å².